The molecule has 2 aromatic carbocycles. The Bertz CT molecular complexity index is 477. The van der Waals surface area contributed by atoms with Crippen molar-refractivity contribution in [3.63, 3.8) is 0 Å². The molecule has 2 aromatic rings. The van der Waals surface area contributed by atoms with Crippen LogP contribution in [0.1, 0.15) is 15.9 Å². The summed E-state index contributed by atoms with van der Waals surface area (Å²) in [7, 11) is 0. The lowest BCUT2D eigenvalue weighted by Crippen LogP contribution is -1.87. The van der Waals surface area contributed by atoms with E-state index < -0.39 is 0 Å². The number of alkyl halides is 1. The van der Waals surface area contributed by atoms with Gasteiger partial charge in [0, 0.05) is 11.4 Å². The zero-order valence-corrected chi connectivity index (χ0v) is 8.29. The van der Waals surface area contributed by atoms with Gasteiger partial charge >= 0.3 is 0 Å². The molecule has 0 N–H and O–H groups in total. The molecule has 0 fully saturated rings. The van der Waals surface area contributed by atoms with Crippen LogP contribution in [0.4, 0.5) is 0 Å². The quantitative estimate of drug-likeness (QED) is 0.541. The number of hydrogen-bond acceptors (Lipinski definition) is 1. The van der Waals surface area contributed by atoms with Gasteiger partial charge in [-0.05, 0) is 28.5 Å². The molecule has 0 radical (unpaired) electrons. The molecular weight excluding hydrogens is 196 g/mol. The Balaban J connectivity index is 2.79. The molecule has 0 saturated heterocycles. The lowest BCUT2D eigenvalue weighted by atomic mass is 10.0. The van der Waals surface area contributed by atoms with Gasteiger partial charge in [0.2, 0.25) is 0 Å². The summed E-state index contributed by atoms with van der Waals surface area (Å²) in [5, 5.41) is 2.05. The number of fused-ring (bicyclic) bond motifs is 1. The molecule has 0 aliphatic carbocycles. The Morgan fingerprint density at radius 1 is 1.21 bits per heavy atom. The van der Waals surface area contributed by atoms with Crippen molar-refractivity contribution in [3.05, 3.63) is 47.5 Å². The molecule has 0 aliphatic heterocycles. The highest BCUT2D eigenvalue weighted by molar-refractivity contribution is 6.17. The van der Waals surface area contributed by atoms with Gasteiger partial charge in [0.15, 0.2) is 6.29 Å². The third-order valence-electron chi connectivity index (χ3n) is 2.23. The van der Waals surface area contributed by atoms with Crippen LogP contribution in [0.15, 0.2) is 36.4 Å². The number of benzene rings is 2. The summed E-state index contributed by atoms with van der Waals surface area (Å²) in [5.41, 5.74) is 1.69. The van der Waals surface area contributed by atoms with E-state index in [2.05, 4.69) is 0 Å². The number of carbonyl (C=O) groups is 1. The summed E-state index contributed by atoms with van der Waals surface area (Å²) in [6.07, 6.45) is 0.873. The van der Waals surface area contributed by atoms with E-state index >= 15 is 0 Å². The van der Waals surface area contributed by atoms with Gasteiger partial charge < -0.3 is 0 Å². The highest BCUT2D eigenvalue weighted by atomic mass is 35.5. The van der Waals surface area contributed by atoms with Crippen LogP contribution >= 0.6 is 11.6 Å². The minimum atomic E-state index is 0.436. The van der Waals surface area contributed by atoms with Gasteiger partial charge in [-0.15, -0.1) is 11.6 Å². The Morgan fingerprint density at radius 3 is 2.71 bits per heavy atom. The van der Waals surface area contributed by atoms with E-state index in [9.17, 15) is 4.79 Å². The summed E-state index contributed by atoms with van der Waals surface area (Å²) in [5.74, 6) is 0.436. The molecular formula is C12H9ClO. The molecule has 1 nitrogen and oxygen atoms in total. The van der Waals surface area contributed by atoms with Crippen LogP contribution in [0.3, 0.4) is 0 Å². The van der Waals surface area contributed by atoms with Crippen molar-refractivity contribution in [1.82, 2.24) is 0 Å². The minimum Gasteiger partial charge on any atom is -0.298 e. The highest BCUT2D eigenvalue weighted by Gasteiger charge is 2.01. The number of aldehydes is 1. The fraction of sp³-hybridized carbons (Fsp3) is 0.0833. The van der Waals surface area contributed by atoms with E-state index in [0.717, 1.165) is 22.6 Å². The van der Waals surface area contributed by atoms with Crippen LogP contribution in [0.25, 0.3) is 10.8 Å². The average Bonchev–Trinajstić information content (AvgIpc) is 2.27. The standard InChI is InChI=1S/C12H9ClO/c13-7-9-5-10-3-1-2-4-12(10)11(6-9)8-14/h1-6,8H,7H2. The number of halogens is 1. The summed E-state index contributed by atoms with van der Waals surface area (Å²) in [6, 6.07) is 11.7. The molecule has 0 heterocycles. The zero-order chi connectivity index (χ0) is 9.97. The Morgan fingerprint density at radius 2 is 2.00 bits per heavy atom. The minimum absolute atomic E-state index is 0.436. The maximum absolute atomic E-state index is 10.8. The Kier molecular flexibility index (Phi) is 2.51. The second-order valence-electron chi connectivity index (χ2n) is 3.16. The maximum atomic E-state index is 10.8. The van der Waals surface area contributed by atoms with Crippen LogP contribution in [-0.4, -0.2) is 6.29 Å². The molecule has 0 bridgehead atoms. The fourth-order valence-corrected chi connectivity index (χ4v) is 1.73. The van der Waals surface area contributed by atoms with E-state index in [4.69, 9.17) is 11.6 Å². The Labute approximate surface area is 87.3 Å². The second-order valence-corrected chi connectivity index (χ2v) is 3.42. The topological polar surface area (TPSA) is 17.1 Å². The zero-order valence-electron chi connectivity index (χ0n) is 7.53. The van der Waals surface area contributed by atoms with Gasteiger partial charge in [0.05, 0.1) is 0 Å². The summed E-state index contributed by atoms with van der Waals surface area (Å²) in [4.78, 5) is 10.8. The van der Waals surface area contributed by atoms with Gasteiger partial charge in [-0.2, -0.15) is 0 Å². The first kappa shape index (κ1) is 9.22. The monoisotopic (exact) mass is 204 g/mol. The first-order valence-electron chi connectivity index (χ1n) is 4.38. The van der Waals surface area contributed by atoms with Gasteiger partial charge in [0.1, 0.15) is 0 Å². The first-order valence-corrected chi connectivity index (χ1v) is 4.91. The van der Waals surface area contributed by atoms with Crippen molar-refractivity contribution >= 4 is 28.7 Å². The Hall–Kier alpha value is -1.34. The molecule has 70 valence electrons. The predicted octanol–water partition coefficient (Wildman–Crippen LogP) is 3.39. The molecule has 2 heteroatoms. The predicted molar refractivity (Wildman–Crippen MR) is 58.9 cm³/mol. The van der Waals surface area contributed by atoms with Crippen molar-refractivity contribution in [3.8, 4) is 0 Å². The van der Waals surface area contributed by atoms with Crippen LogP contribution in [0, 0.1) is 0 Å². The molecule has 2 rings (SSSR count). The molecule has 0 saturated carbocycles. The highest BCUT2D eigenvalue weighted by Crippen LogP contribution is 2.20. The molecule has 14 heavy (non-hydrogen) atoms. The van der Waals surface area contributed by atoms with E-state index in [-0.39, 0.29) is 0 Å². The molecule has 0 aromatic heterocycles. The van der Waals surface area contributed by atoms with Gasteiger partial charge in [-0.3, -0.25) is 4.79 Å². The third-order valence-corrected chi connectivity index (χ3v) is 2.54. The van der Waals surface area contributed by atoms with Crippen LogP contribution < -0.4 is 0 Å². The van der Waals surface area contributed by atoms with Crippen LogP contribution in [-0.2, 0) is 5.88 Å². The largest absolute Gasteiger partial charge is 0.298 e. The normalized spacial score (nSPS) is 10.4. The molecule has 0 spiro atoms. The molecule has 0 atom stereocenters. The molecule has 0 amide bonds. The SMILES string of the molecule is O=Cc1cc(CCl)cc2ccccc12. The van der Waals surface area contributed by atoms with Gasteiger partial charge in [-0.1, -0.05) is 24.3 Å². The van der Waals surface area contributed by atoms with Crippen molar-refractivity contribution < 1.29 is 4.79 Å². The van der Waals surface area contributed by atoms with E-state index in [0.29, 0.717) is 11.4 Å². The third kappa shape index (κ3) is 1.51. The van der Waals surface area contributed by atoms with Crippen molar-refractivity contribution in [2.45, 2.75) is 5.88 Å². The first-order chi connectivity index (χ1) is 6.85. The summed E-state index contributed by atoms with van der Waals surface area (Å²) < 4.78 is 0. The van der Waals surface area contributed by atoms with Gasteiger partial charge in [0.25, 0.3) is 0 Å². The number of rotatable bonds is 2. The lowest BCUT2D eigenvalue weighted by molar-refractivity contribution is 0.112. The number of hydrogen-bond donors (Lipinski definition) is 0. The van der Waals surface area contributed by atoms with E-state index in [1.54, 1.807) is 0 Å². The van der Waals surface area contributed by atoms with Gasteiger partial charge in [-0.25, -0.2) is 0 Å². The average molecular weight is 205 g/mol. The van der Waals surface area contributed by atoms with Crippen molar-refractivity contribution in [2.75, 3.05) is 0 Å². The van der Waals surface area contributed by atoms with Crippen LogP contribution in [0.5, 0.6) is 0 Å². The number of carbonyl (C=O) groups excluding carboxylic acids is 1. The maximum Gasteiger partial charge on any atom is 0.150 e. The second kappa shape index (κ2) is 3.81. The molecule has 0 aliphatic rings. The van der Waals surface area contributed by atoms with Crippen molar-refractivity contribution in [2.24, 2.45) is 0 Å². The van der Waals surface area contributed by atoms with E-state index in [1.807, 2.05) is 36.4 Å². The van der Waals surface area contributed by atoms with E-state index in [1.165, 1.54) is 0 Å². The summed E-state index contributed by atoms with van der Waals surface area (Å²) >= 11 is 5.74. The van der Waals surface area contributed by atoms with Crippen LogP contribution in [0.2, 0.25) is 0 Å². The molecule has 0 unspecified atom stereocenters. The lowest BCUT2D eigenvalue weighted by Gasteiger charge is -2.03. The summed E-state index contributed by atoms with van der Waals surface area (Å²) in [6.45, 7) is 0. The fourth-order valence-electron chi connectivity index (χ4n) is 1.58. The van der Waals surface area contributed by atoms with Crippen molar-refractivity contribution in [1.29, 1.82) is 0 Å². The smallest absolute Gasteiger partial charge is 0.150 e.